The molecule has 2 rings (SSSR count). The van der Waals surface area contributed by atoms with E-state index in [1.807, 2.05) is 0 Å². The van der Waals surface area contributed by atoms with E-state index in [1.54, 1.807) is 38.4 Å². The van der Waals surface area contributed by atoms with Crippen LogP contribution in [0.2, 0.25) is 5.02 Å². The Bertz CT molecular complexity index is 704. The van der Waals surface area contributed by atoms with E-state index in [0.717, 1.165) is 11.8 Å². The van der Waals surface area contributed by atoms with Gasteiger partial charge in [0.15, 0.2) is 10.9 Å². The Balaban J connectivity index is 1.93. The number of benzene rings is 1. The van der Waals surface area contributed by atoms with Gasteiger partial charge in [0, 0.05) is 37.7 Å². The zero-order valence-corrected chi connectivity index (χ0v) is 14.5. The van der Waals surface area contributed by atoms with Gasteiger partial charge in [0.2, 0.25) is 0 Å². The van der Waals surface area contributed by atoms with E-state index >= 15 is 0 Å². The Morgan fingerprint density at radius 1 is 1.43 bits per heavy atom. The third-order valence-electron chi connectivity index (χ3n) is 3.08. The fourth-order valence-electron chi connectivity index (χ4n) is 1.91. The van der Waals surface area contributed by atoms with Crippen molar-refractivity contribution in [2.75, 3.05) is 27.3 Å². The lowest BCUT2D eigenvalue weighted by Crippen LogP contribution is -2.48. The molecular weight excluding hydrogens is 338 g/mol. The van der Waals surface area contributed by atoms with Crippen LogP contribution in [0, 0.1) is 0 Å². The lowest BCUT2D eigenvalue weighted by molar-refractivity contribution is 0.0859. The quantitative estimate of drug-likeness (QED) is 0.488. The molecule has 0 aliphatic carbocycles. The predicted molar refractivity (Wildman–Crippen MR) is 93.5 cm³/mol. The molecule has 1 aromatic heterocycles. The smallest absolute Gasteiger partial charge is 0.305 e. The highest BCUT2D eigenvalue weighted by molar-refractivity contribution is 7.80. The Morgan fingerprint density at radius 2 is 2.22 bits per heavy atom. The average molecular weight is 356 g/mol. The lowest BCUT2D eigenvalue weighted by Gasteiger charge is -2.21. The first-order valence-electron chi connectivity index (χ1n) is 7.02. The second-order valence-corrected chi connectivity index (χ2v) is 5.69. The first-order chi connectivity index (χ1) is 11.0. The van der Waals surface area contributed by atoms with Crippen molar-refractivity contribution < 1.29 is 13.9 Å². The van der Waals surface area contributed by atoms with E-state index in [2.05, 4.69) is 10.7 Å². The topological polar surface area (TPSA) is 66.7 Å². The maximum absolute atomic E-state index is 12.2. The van der Waals surface area contributed by atoms with E-state index in [9.17, 15) is 4.79 Å². The maximum Gasteiger partial charge on any atom is 0.305 e. The second-order valence-electron chi connectivity index (χ2n) is 4.87. The number of hydrogen-bond acceptors (Lipinski definition) is 4. The van der Waals surface area contributed by atoms with Gasteiger partial charge < -0.3 is 14.5 Å². The molecule has 0 unspecified atom stereocenters. The van der Waals surface area contributed by atoms with Crippen LogP contribution in [-0.2, 0) is 4.74 Å². The summed E-state index contributed by atoms with van der Waals surface area (Å²) in [4.78, 5) is 12.2. The number of nitrogens with zero attached hydrogens (tertiary/aromatic N) is 1. The monoisotopic (exact) mass is 355 g/mol. The number of carbonyl (C=O) groups excluding carboxylic acids is 1. The van der Waals surface area contributed by atoms with Crippen molar-refractivity contribution in [1.29, 1.82) is 0 Å². The molecule has 0 saturated heterocycles. The van der Waals surface area contributed by atoms with Crippen molar-refractivity contribution in [3.05, 3.63) is 35.0 Å². The minimum atomic E-state index is -0.388. The Morgan fingerprint density at radius 3 is 2.96 bits per heavy atom. The number of hydrogen-bond donors (Lipinski definition) is 2. The van der Waals surface area contributed by atoms with Crippen LogP contribution in [0.3, 0.4) is 0 Å². The third kappa shape index (κ3) is 4.82. The van der Waals surface area contributed by atoms with Crippen LogP contribution in [-0.4, -0.2) is 43.3 Å². The molecule has 0 atom stereocenters. The highest BCUT2D eigenvalue weighted by Crippen LogP contribution is 2.22. The Labute approximate surface area is 144 Å². The molecule has 0 bridgehead atoms. The number of thiocarbonyl (C=S) groups is 1. The summed E-state index contributed by atoms with van der Waals surface area (Å²) in [5.74, 6) is -0.197. The molecule has 0 spiro atoms. The molecule has 23 heavy (non-hydrogen) atoms. The number of amides is 1. The summed E-state index contributed by atoms with van der Waals surface area (Å²) in [6.07, 6.45) is 0.822. The number of hydrazine groups is 1. The molecule has 2 N–H and O–H groups in total. The summed E-state index contributed by atoms with van der Waals surface area (Å²) in [5, 5.41) is 6.22. The van der Waals surface area contributed by atoms with Gasteiger partial charge in [0.1, 0.15) is 5.58 Å². The molecule has 1 aromatic carbocycles. The van der Waals surface area contributed by atoms with Crippen LogP contribution in [0.4, 0.5) is 0 Å². The second kappa shape index (κ2) is 8.14. The first kappa shape index (κ1) is 17.5. The number of methoxy groups -OCH3 is 1. The summed E-state index contributed by atoms with van der Waals surface area (Å²) in [6, 6.07) is 6.81. The zero-order valence-electron chi connectivity index (χ0n) is 12.9. The van der Waals surface area contributed by atoms with Gasteiger partial charge in [-0.1, -0.05) is 11.6 Å². The highest BCUT2D eigenvalue weighted by atomic mass is 35.5. The van der Waals surface area contributed by atoms with Gasteiger partial charge in [-0.3, -0.25) is 15.2 Å². The van der Waals surface area contributed by atoms with Crippen LogP contribution >= 0.6 is 23.8 Å². The Hall–Kier alpha value is -1.83. The number of halogens is 1. The SMILES string of the molecule is COCCCNC(=S)N(C)NC(=O)c1cc2cc(Cl)ccc2o1. The summed E-state index contributed by atoms with van der Waals surface area (Å²) in [5.41, 5.74) is 3.24. The van der Waals surface area contributed by atoms with Crippen molar-refractivity contribution in [2.45, 2.75) is 6.42 Å². The van der Waals surface area contributed by atoms with Gasteiger partial charge in [-0.05, 0) is 42.9 Å². The van der Waals surface area contributed by atoms with Crippen molar-refractivity contribution in [2.24, 2.45) is 0 Å². The minimum absolute atomic E-state index is 0.191. The molecule has 1 amide bonds. The Kier molecular flexibility index (Phi) is 6.20. The molecule has 0 fully saturated rings. The fraction of sp³-hybridized carbons (Fsp3) is 0.333. The molecule has 1 heterocycles. The average Bonchev–Trinajstić information content (AvgIpc) is 2.94. The van der Waals surface area contributed by atoms with Crippen LogP contribution in [0.15, 0.2) is 28.7 Å². The van der Waals surface area contributed by atoms with Crippen molar-refractivity contribution in [3.8, 4) is 0 Å². The number of carbonyl (C=O) groups is 1. The molecule has 124 valence electrons. The van der Waals surface area contributed by atoms with Crippen LogP contribution < -0.4 is 10.7 Å². The summed E-state index contributed by atoms with van der Waals surface area (Å²) in [6.45, 7) is 1.31. The van der Waals surface area contributed by atoms with Gasteiger partial charge in [-0.2, -0.15) is 0 Å². The maximum atomic E-state index is 12.2. The molecule has 0 aliphatic rings. The van der Waals surface area contributed by atoms with E-state index in [4.69, 9.17) is 33.0 Å². The largest absolute Gasteiger partial charge is 0.451 e. The van der Waals surface area contributed by atoms with E-state index in [1.165, 1.54) is 5.01 Å². The fourth-order valence-corrected chi connectivity index (χ4v) is 2.24. The minimum Gasteiger partial charge on any atom is -0.451 e. The molecular formula is C15H18ClN3O3S. The van der Waals surface area contributed by atoms with Gasteiger partial charge in [0.05, 0.1) is 0 Å². The normalized spacial score (nSPS) is 10.6. The van der Waals surface area contributed by atoms with E-state index < -0.39 is 0 Å². The first-order valence-corrected chi connectivity index (χ1v) is 7.80. The van der Waals surface area contributed by atoms with Gasteiger partial charge in [0.25, 0.3) is 0 Å². The molecule has 6 nitrogen and oxygen atoms in total. The molecule has 0 aliphatic heterocycles. The van der Waals surface area contributed by atoms with Gasteiger partial charge in [-0.25, -0.2) is 0 Å². The van der Waals surface area contributed by atoms with Crippen molar-refractivity contribution in [3.63, 3.8) is 0 Å². The van der Waals surface area contributed by atoms with Gasteiger partial charge in [-0.15, -0.1) is 0 Å². The van der Waals surface area contributed by atoms with Crippen LogP contribution in [0.1, 0.15) is 17.0 Å². The number of rotatable bonds is 5. The molecule has 2 aromatic rings. The standard InChI is InChI=1S/C15H18ClN3O3S/c1-19(15(23)17-6-3-7-21-2)18-14(20)13-9-10-8-11(16)4-5-12(10)22-13/h4-5,8-9H,3,6-7H2,1-2H3,(H,17,23)(H,18,20). The molecule has 0 saturated carbocycles. The molecule has 0 radical (unpaired) electrons. The summed E-state index contributed by atoms with van der Waals surface area (Å²) in [7, 11) is 3.30. The zero-order chi connectivity index (χ0) is 16.8. The lowest BCUT2D eigenvalue weighted by atomic mass is 10.2. The number of fused-ring (bicyclic) bond motifs is 1. The van der Waals surface area contributed by atoms with Crippen molar-refractivity contribution in [1.82, 2.24) is 15.8 Å². The number of nitrogens with one attached hydrogen (secondary N) is 2. The molecule has 8 heteroatoms. The third-order valence-corrected chi connectivity index (χ3v) is 3.73. The number of ether oxygens (including phenoxy) is 1. The predicted octanol–water partition coefficient (Wildman–Crippen LogP) is 2.57. The highest BCUT2D eigenvalue weighted by Gasteiger charge is 2.15. The van der Waals surface area contributed by atoms with E-state index in [-0.39, 0.29) is 11.7 Å². The van der Waals surface area contributed by atoms with Crippen molar-refractivity contribution >= 4 is 45.8 Å². The van der Waals surface area contributed by atoms with Crippen LogP contribution in [0.5, 0.6) is 0 Å². The summed E-state index contributed by atoms with van der Waals surface area (Å²) >= 11 is 11.1. The number of furan rings is 1. The van der Waals surface area contributed by atoms with E-state index in [0.29, 0.717) is 28.9 Å². The summed E-state index contributed by atoms with van der Waals surface area (Å²) < 4.78 is 10.5. The van der Waals surface area contributed by atoms with Gasteiger partial charge >= 0.3 is 5.91 Å². The van der Waals surface area contributed by atoms with Crippen LogP contribution in [0.25, 0.3) is 11.0 Å².